The number of hydrogen-bond donors (Lipinski definition) is 1. The minimum atomic E-state index is -4.42. The van der Waals surface area contributed by atoms with Crippen LogP contribution in [0.4, 0.5) is 18.9 Å². The number of halogens is 3. The lowest BCUT2D eigenvalue weighted by atomic mass is 10.1. The Morgan fingerprint density at radius 3 is 2.35 bits per heavy atom. The van der Waals surface area contributed by atoms with Crippen molar-refractivity contribution >= 4 is 11.5 Å². The standard InChI is InChI=1S/C17H17F3N2O/c1-2-3-15(23)13-5-7-14(8-6-13)21-10-12-4-9-16(22-11-12)17(18,19)20/h4-9,11,21H,2-3,10H2,1H3. The molecule has 3 nitrogen and oxygen atoms in total. The molecule has 1 N–H and O–H groups in total. The fraction of sp³-hybridized carbons (Fsp3) is 0.294. The largest absolute Gasteiger partial charge is 0.433 e. The number of Topliss-reactive ketones (excluding diaryl/α,β-unsaturated/α-hetero) is 1. The lowest BCUT2D eigenvalue weighted by Crippen LogP contribution is -2.08. The zero-order valence-corrected chi connectivity index (χ0v) is 12.7. The summed E-state index contributed by atoms with van der Waals surface area (Å²) in [4.78, 5) is 15.1. The molecule has 23 heavy (non-hydrogen) atoms. The summed E-state index contributed by atoms with van der Waals surface area (Å²) in [6.07, 6.45) is -1.90. The Morgan fingerprint density at radius 1 is 1.13 bits per heavy atom. The van der Waals surface area contributed by atoms with E-state index in [9.17, 15) is 18.0 Å². The summed E-state index contributed by atoms with van der Waals surface area (Å²) in [5.41, 5.74) is 1.19. The zero-order chi connectivity index (χ0) is 16.9. The van der Waals surface area contributed by atoms with E-state index in [4.69, 9.17) is 0 Å². The maximum Gasteiger partial charge on any atom is 0.433 e. The van der Waals surface area contributed by atoms with Crippen LogP contribution in [0.5, 0.6) is 0 Å². The van der Waals surface area contributed by atoms with Crippen molar-refractivity contribution in [3.05, 3.63) is 59.4 Å². The van der Waals surface area contributed by atoms with Gasteiger partial charge in [0.25, 0.3) is 0 Å². The highest BCUT2D eigenvalue weighted by Crippen LogP contribution is 2.27. The SMILES string of the molecule is CCCC(=O)c1ccc(NCc2ccc(C(F)(F)F)nc2)cc1. The Morgan fingerprint density at radius 2 is 1.83 bits per heavy atom. The zero-order valence-electron chi connectivity index (χ0n) is 12.7. The summed E-state index contributed by atoms with van der Waals surface area (Å²) in [6.45, 7) is 2.30. The van der Waals surface area contributed by atoms with Crippen LogP contribution in [-0.4, -0.2) is 10.8 Å². The van der Waals surface area contributed by atoms with Gasteiger partial charge >= 0.3 is 6.18 Å². The van der Waals surface area contributed by atoms with Crippen LogP contribution in [0.15, 0.2) is 42.6 Å². The Labute approximate surface area is 132 Å². The van der Waals surface area contributed by atoms with Crippen LogP contribution in [0.25, 0.3) is 0 Å². The third-order valence-corrected chi connectivity index (χ3v) is 3.30. The third kappa shape index (κ3) is 4.81. The molecule has 0 aliphatic rings. The van der Waals surface area contributed by atoms with Gasteiger partial charge < -0.3 is 5.32 Å². The Bertz CT molecular complexity index is 649. The number of anilines is 1. The first-order chi connectivity index (χ1) is 10.9. The fourth-order valence-electron chi connectivity index (χ4n) is 2.05. The highest BCUT2D eigenvalue weighted by molar-refractivity contribution is 5.96. The second-order valence-corrected chi connectivity index (χ2v) is 5.15. The van der Waals surface area contributed by atoms with E-state index in [-0.39, 0.29) is 5.78 Å². The van der Waals surface area contributed by atoms with Crippen molar-refractivity contribution in [1.82, 2.24) is 4.98 Å². The highest BCUT2D eigenvalue weighted by atomic mass is 19.4. The summed E-state index contributed by atoms with van der Waals surface area (Å²) in [6, 6.07) is 9.39. The van der Waals surface area contributed by atoms with Crippen LogP contribution in [0.1, 0.15) is 41.4 Å². The van der Waals surface area contributed by atoms with Crippen LogP contribution in [0.2, 0.25) is 0 Å². The molecule has 0 spiro atoms. The molecule has 0 aliphatic carbocycles. The number of carbonyl (C=O) groups excluding carboxylic acids is 1. The van der Waals surface area contributed by atoms with Gasteiger partial charge in [-0.15, -0.1) is 0 Å². The van der Waals surface area contributed by atoms with E-state index in [1.165, 1.54) is 12.3 Å². The van der Waals surface area contributed by atoms with Crippen LogP contribution < -0.4 is 5.32 Å². The molecule has 0 saturated heterocycles. The first-order valence-corrected chi connectivity index (χ1v) is 7.29. The molecule has 0 amide bonds. The minimum absolute atomic E-state index is 0.103. The van der Waals surface area contributed by atoms with Gasteiger partial charge in [-0.1, -0.05) is 13.0 Å². The Kier molecular flexibility index (Phi) is 5.36. The first-order valence-electron chi connectivity index (χ1n) is 7.29. The highest BCUT2D eigenvalue weighted by Gasteiger charge is 2.31. The molecule has 6 heteroatoms. The average Bonchev–Trinajstić information content (AvgIpc) is 2.53. The number of ketones is 1. The Hall–Kier alpha value is -2.37. The van der Waals surface area contributed by atoms with Crippen LogP contribution in [0, 0.1) is 0 Å². The second-order valence-electron chi connectivity index (χ2n) is 5.15. The van der Waals surface area contributed by atoms with Gasteiger partial charge in [-0.2, -0.15) is 13.2 Å². The van der Waals surface area contributed by atoms with Gasteiger partial charge in [-0.25, -0.2) is 0 Å². The summed E-state index contributed by atoms with van der Waals surface area (Å²) < 4.78 is 37.3. The number of alkyl halides is 3. The van der Waals surface area contributed by atoms with E-state index in [1.807, 2.05) is 6.92 Å². The van der Waals surface area contributed by atoms with Crippen molar-refractivity contribution in [1.29, 1.82) is 0 Å². The average molecular weight is 322 g/mol. The van der Waals surface area contributed by atoms with Gasteiger partial charge in [0.1, 0.15) is 5.69 Å². The monoisotopic (exact) mass is 322 g/mol. The predicted octanol–water partition coefficient (Wildman–Crippen LogP) is 4.70. The number of pyridine rings is 1. The molecule has 0 radical (unpaired) electrons. The fourth-order valence-corrected chi connectivity index (χ4v) is 2.05. The molecule has 1 aromatic heterocycles. The van der Waals surface area contributed by atoms with Gasteiger partial charge in [0.2, 0.25) is 0 Å². The van der Waals surface area contributed by atoms with Crippen molar-refractivity contribution in [3.8, 4) is 0 Å². The molecular weight excluding hydrogens is 305 g/mol. The van der Waals surface area contributed by atoms with E-state index in [2.05, 4.69) is 10.3 Å². The number of nitrogens with zero attached hydrogens (tertiary/aromatic N) is 1. The van der Waals surface area contributed by atoms with Gasteiger partial charge in [0.15, 0.2) is 5.78 Å². The maximum atomic E-state index is 12.4. The molecule has 2 aromatic rings. The van der Waals surface area contributed by atoms with E-state index in [0.717, 1.165) is 18.2 Å². The summed E-state index contributed by atoms with van der Waals surface area (Å²) >= 11 is 0. The summed E-state index contributed by atoms with van der Waals surface area (Å²) in [5.74, 6) is 0.103. The lowest BCUT2D eigenvalue weighted by molar-refractivity contribution is -0.141. The smallest absolute Gasteiger partial charge is 0.381 e. The molecular formula is C17H17F3N2O. The number of carbonyl (C=O) groups is 1. The van der Waals surface area contributed by atoms with Crippen LogP contribution in [0.3, 0.4) is 0 Å². The normalized spacial score (nSPS) is 11.3. The molecule has 0 atom stereocenters. The summed E-state index contributed by atoms with van der Waals surface area (Å²) in [7, 11) is 0. The summed E-state index contributed by atoms with van der Waals surface area (Å²) in [5, 5.41) is 3.08. The topological polar surface area (TPSA) is 42.0 Å². The first kappa shape index (κ1) is 17.0. The lowest BCUT2D eigenvalue weighted by Gasteiger charge is -2.09. The maximum absolute atomic E-state index is 12.4. The van der Waals surface area contributed by atoms with E-state index in [1.54, 1.807) is 24.3 Å². The van der Waals surface area contributed by atoms with Crippen LogP contribution in [-0.2, 0) is 12.7 Å². The number of benzene rings is 1. The number of hydrogen-bond acceptors (Lipinski definition) is 3. The van der Waals surface area contributed by atoms with Crippen molar-refractivity contribution < 1.29 is 18.0 Å². The van der Waals surface area contributed by atoms with Gasteiger partial charge in [-0.3, -0.25) is 9.78 Å². The van der Waals surface area contributed by atoms with Gasteiger partial charge in [0, 0.05) is 30.4 Å². The van der Waals surface area contributed by atoms with E-state index in [0.29, 0.717) is 24.1 Å². The van der Waals surface area contributed by atoms with Crippen molar-refractivity contribution in [2.75, 3.05) is 5.32 Å². The Balaban J connectivity index is 1.94. The number of nitrogens with one attached hydrogen (secondary N) is 1. The quantitative estimate of drug-likeness (QED) is 0.784. The van der Waals surface area contributed by atoms with Crippen molar-refractivity contribution in [2.24, 2.45) is 0 Å². The number of aromatic nitrogens is 1. The molecule has 0 bridgehead atoms. The molecule has 122 valence electrons. The molecule has 0 unspecified atom stereocenters. The number of rotatable bonds is 6. The predicted molar refractivity (Wildman–Crippen MR) is 82.2 cm³/mol. The molecule has 0 saturated carbocycles. The minimum Gasteiger partial charge on any atom is -0.381 e. The molecule has 0 fully saturated rings. The van der Waals surface area contributed by atoms with Gasteiger partial charge in [-0.05, 0) is 42.3 Å². The second kappa shape index (κ2) is 7.26. The van der Waals surface area contributed by atoms with Crippen molar-refractivity contribution in [3.63, 3.8) is 0 Å². The third-order valence-electron chi connectivity index (χ3n) is 3.30. The van der Waals surface area contributed by atoms with E-state index < -0.39 is 11.9 Å². The van der Waals surface area contributed by atoms with Gasteiger partial charge in [0.05, 0.1) is 0 Å². The molecule has 1 heterocycles. The molecule has 1 aromatic carbocycles. The van der Waals surface area contributed by atoms with Crippen molar-refractivity contribution in [2.45, 2.75) is 32.5 Å². The van der Waals surface area contributed by atoms with Crippen LogP contribution >= 0.6 is 0 Å². The molecule has 2 rings (SSSR count). The molecule has 0 aliphatic heterocycles. The van der Waals surface area contributed by atoms with E-state index >= 15 is 0 Å².